The molecule has 5 rings (SSSR count). The Balaban J connectivity index is 1.70. The predicted octanol–water partition coefficient (Wildman–Crippen LogP) is 5.23. The summed E-state index contributed by atoms with van der Waals surface area (Å²) in [4.78, 5) is 12.0. The molecular formula is C25H28F2O3. The number of ether oxygens (including phenoxy) is 1. The van der Waals surface area contributed by atoms with E-state index in [1.807, 2.05) is 0 Å². The first-order valence-corrected chi connectivity index (χ1v) is 11.0. The highest BCUT2D eigenvalue weighted by Crippen LogP contribution is 2.63. The Bertz CT molecular complexity index is 956. The summed E-state index contributed by atoms with van der Waals surface area (Å²) in [5, 5.41) is 10.9. The molecule has 5 heteroatoms. The minimum absolute atomic E-state index is 0.161. The number of ketones is 1. The summed E-state index contributed by atoms with van der Waals surface area (Å²) in [5.41, 5.74) is 3.95. The van der Waals surface area contributed by atoms with E-state index in [2.05, 4.69) is 6.92 Å². The Labute approximate surface area is 175 Å². The fraction of sp³-hybridized carbons (Fsp3) is 0.560. The SMILES string of the molecule is COc1c(F)cc(C2CC3(C)C(O)CCC3C3CCC4=CC(=O)CCC4=C23)cc1F. The molecule has 1 N–H and O–H groups in total. The number of fused-ring (bicyclic) bond motifs is 4. The van der Waals surface area contributed by atoms with Gasteiger partial charge in [0.1, 0.15) is 0 Å². The Hall–Kier alpha value is -2.01. The van der Waals surface area contributed by atoms with E-state index in [9.17, 15) is 18.7 Å². The molecule has 160 valence electrons. The number of rotatable bonds is 2. The van der Waals surface area contributed by atoms with Crippen LogP contribution in [0.15, 0.2) is 34.9 Å². The van der Waals surface area contributed by atoms with Gasteiger partial charge in [-0.1, -0.05) is 12.5 Å². The van der Waals surface area contributed by atoms with Gasteiger partial charge in [-0.05, 0) is 90.7 Å². The molecule has 0 saturated heterocycles. The van der Waals surface area contributed by atoms with Crippen molar-refractivity contribution in [3.63, 3.8) is 0 Å². The summed E-state index contributed by atoms with van der Waals surface area (Å²) in [6.45, 7) is 2.15. The first-order chi connectivity index (χ1) is 14.3. The number of carbonyl (C=O) groups is 1. The molecule has 30 heavy (non-hydrogen) atoms. The highest BCUT2D eigenvalue weighted by molar-refractivity contribution is 5.93. The quantitative estimate of drug-likeness (QED) is 0.720. The van der Waals surface area contributed by atoms with Crippen molar-refractivity contribution in [1.29, 1.82) is 0 Å². The van der Waals surface area contributed by atoms with Crippen molar-refractivity contribution in [2.45, 2.75) is 63.9 Å². The maximum atomic E-state index is 14.6. The van der Waals surface area contributed by atoms with Crippen LogP contribution in [-0.2, 0) is 4.79 Å². The van der Waals surface area contributed by atoms with E-state index in [1.165, 1.54) is 30.4 Å². The smallest absolute Gasteiger partial charge is 0.190 e. The van der Waals surface area contributed by atoms with Crippen LogP contribution in [0.5, 0.6) is 5.75 Å². The molecule has 0 amide bonds. The minimum atomic E-state index is -0.695. The maximum absolute atomic E-state index is 14.6. The summed E-state index contributed by atoms with van der Waals surface area (Å²) in [6.07, 6.45) is 6.83. The zero-order valence-corrected chi connectivity index (χ0v) is 17.5. The molecule has 0 bridgehead atoms. The zero-order valence-electron chi connectivity index (χ0n) is 17.5. The Morgan fingerprint density at radius 2 is 1.83 bits per heavy atom. The molecule has 4 aliphatic rings. The molecule has 1 aromatic carbocycles. The second-order valence-electron chi connectivity index (χ2n) is 9.69. The standard InChI is InChI=1S/C25H28F2O3/c1-25-12-18(14-10-20(26)24(30-2)21(27)11-14)23-16-6-4-15(28)9-13(16)3-5-17(23)19(25)7-8-22(25)29/h9-11,17-19,22,29H,3-8,12H2,1-2H3. The van der Waals surface area contributed by atoms with Crippen LogP contribution in [-0.4, -0.2) is 24.1 Å². The summed E-state index contributed by atoms with van der Waals surface area (Å²) < 4.78 is 34.1. The molecule has 2 fully saturated rings. The highest BCUT2D eigenvalue weighted by Gasteiger charge is 2.56. The number of allylic oxidation sites excluding steroid dienone is 4. The second kappa shape index (κ2) is 7.01. The molecule has 5 unspecified atom stereocenters. The number of aliphatic hydroxyl groups excluding tert-OH is 1. The van der Waals surface area contributed by atoms with Gasteiger partial charge in [0.15, 0.2) is 23.2 Å². The molecule has 0 radical (unpaired) electrons. The van der Waals surface area contributed by atoms with Gasteiger partial charge in [0.05, 0.1) is 13.2 Å². The van der Waals surface area contributed by atoms with Gasteiger partial charge >= 0.3 is 0 Å². The van der Waals surface area contributed by atoms with Crippen molar-refractivity contribution in [2.24, 2.45) is 17.3 Å². The van der Waals surface area contributed by atoms with E-state index in [0.717, 1.165) is 31.3 Å². The number of methoxy groups -OCH3 is 1. The molecule has 0 spiro atoms. The van der Waals surface area contributed by atoms with Gasteiger partial charge in [0.2, 0.25) is 0 Å². The van der Waals surface area contributed by atoms with Crippen molar-refractivity contribution in [3.05, 3.63) is 52.1 Å². The summed E-state index contributed by atoms with van der Waals surface area (Å²) in [7, 11) is 1.26. The van der Waals surface area contributed by atoms with Crippen molar-refractivity contribution < 1.29 is 23.4 Å². The van der Waals surface area contributed by atoms with Gasteiger partial charge in [-0.15, -0.1) is 0 Å². The molecule has 5 atom stereocenters. The molecule has 0 heterocycles. The van der Waals surface area contributed by atoms with Crippen molar-refractivity contribution >= 4 is 5.78 Å². The Morgan fingerprint density at radius 3 is 2.53 bits per heavy atom. The fourth-order valence-electron chi connectivity index (χ4n) is 6.91. The molecular weight excluding hydrogens is 386 g/mol. The van der Waals surface area contributed by atoms with Crippen LogP contribution in [0.3, 0.4) is 0 Å². The van der Waals surface area contributed by atoms with Crippen LogP contribution < -0.4 is 4.74 Å². The normalized spacial score (nSPS) is 35.5. The van der Waals surface area contributed by atoms with Crippen LogP contribution in [0.4, 0.5) is 8.78 Å². The predicted molar refractivity (Wildman–Crippen MR) is 109 cm³/mol. The fourth-order valence-corrected chi connectivity index (χ4v) is 6.91. The molecule has 0 aliphatic heterocycles. The highest BCUT2D eigenvalue weighted by atomic mass is 19.1. The first-order valence-electron chi connectivity index (χ1n) is 11.0. The Kier molecular flexibility index (Phi) is 4.66. The van der Waals surface area contributed by atoms with Gasteiger partial charge in [0, 0.05) is 12.3 Å². The number of carbonyl (C=O) groups excluding carboxylic acids is 1. The van der Waals surface area contributed by atoms with Crippen molar-refractivity contribution in [1.82, 2.24) is 0 Å². The number of benzene rings is 1. The number of hydrogen-bond acceptors (Lipinski definition) is 3. The lowest BCUT2D eigenvalue weighted by Crippen LogP contribution is -2.45. The van der Waals surface area contributed by atoms with E-state index in [4.69, 9.17) is 4.74 Å². The third kappa shape index (κ3) is 2.81. The first kappa shape index (κ1) is 19.9. The molecule has 4 aliphatic carbocycles. The average Bonchev–Trinajstić information content (AvgIpc) is 3.01. The Morgan fingerprint density at radius 1 is 1.10 bits per heavy atom. The number of hydrogen-bond donors (Lipinski definition) is 1. The van der Waals surface area contributed by atoms with Crippen LogP contribution in [0.25, 0.3) is 0 Å². The van der Waals surface area contributed by atoms with Crippen LogP contribution in [0.1, 0.15) is 63.4 Å². The van der Waals surface area contributed by atoms with Crippen LogP contribution in [0, 0.1) is 28.9 Å². The topological polar surface area (TPSA) is 46.5 Å². The average molecular weight is 414 g/mol. The lowest BCUT2D eigenvalue weighted by molar-refractivity contribution is -0.114. The minimum Gasteiger partial charge on any atom is -0.491 e. The monoisotopic (exact) mass is 414 g/mol. The van der Waals surface area contributed by atoms with Gasteiger partial charge in [-0.2, -0.15) is 0 Å². The van der Waals surface area contributed by atoms with Crippen LogP contribution in [0.2, 0.25) is 0 Å². The third-order valence-corrected chi connectivity index (χ3v) is 8.31. The van der Waals surface area contributed by atoms with Gasteiger partial charge in [-0.25, -0.2) is 8.78 Å². The summed E-state index contributed by atoms with van der Waals surface area (Å²) in [5.74, 6) is -1.08. The maximum Gasteiger partial charge on any atom is 0.190 e. The van der Waals surface area contributed by atoms with E-state index < -0.39 is 17.7 Å². The van der Waals surface area contributed by atoms with E-state index in [1.54, 1.807) is 6.08 Å². The van der Waals surface area contributed by atoms with Gasteiger partial charge in [-0.3, -0.25) is 4.79 Å². The summed E-state index contributed by atoms with van der Waals surface area (Å²) in [6, 6.07) is 2.79. The van der Waals surface area contributed by atoms with Gasteiger partial charge < -0.3 is 9.84 Å². The third-order valence-electron chi connectivity index (χ3n) is 8.31. The van der Waals surface area contributed by atoms with E-state index in [0.29, 0.717) is 36.7 Å². The number of aliphatic hydroxyl groups is 1. The van der Waals surface area contributed by atoms with Crippen molar-refractivity contribution in [3.8, 4) is 5.75 Å². The number of halogens is 2. The van der Waals surface area contributed by atoms with Gasteiger partial charge in [0.25, 0.3) is 0 Å². The van der Waals surface area contributed by atoms with E-state index in [-0.39, 0.29) is 22.9 Å². The molecule has 3 nitrogen and oxygen atoms in total. The zero-order chi connectivity index (χ0) is 21.2. The lowest BCUT2D eigenvalue weighted by Gasteiger charge is -2.52. The largest absolute Gasteiger partial charge is 0.491 e. The summed E-state index contributed by atoms with van der Waals surface area (Å²) >= 11 is 0. The molecule has 1 aromatic rings. The lowest BCUT2D eigenvalue weighted by atomic mass is 9.53. The molecule has 0 aromatic heterocycles. The second-order valence-corrected chi connectivity index (χ2v) is 9.69. The van der Waals surface area contributed by atoms with E-state index >= 15 is 0 Å². The van der Waals surface area contributed by atoms with Crippen LogP contribution >= 0.6 is 0 Å². The molecule has 2 saturated carbocycles. The van der Waals surface area contributed by atoms with Crippen molar-refractivity contribution in [2.75, 3.05) is 7.11 Å².